The molecule has 1 atom stereocenters. The number of nitrogens with one attached hydrogen (secondary N) is 1. The number of hydrogen-bond donors (Lipinski definition) is 1. The Labute approximate surface area is 130 Å². The third-order valence-corrected chi connectivity index (χ3v) is 4.50. The van der Waals surface area contributed by atoms with E-state index in [9.17, 15) is 4.79 Å². The predicted octanol–water partition coefficient (Wildman–Crippen LogP) is 4.51. The van der Waals surface area contributed by atoms with Crippen LogP contribution in [0.5, 0.6) is 0 Å². The summed E-state index contributed by atoms with van der Waals surface area (Å²) in [4.78, 5) is 13.8. The minimum absolute atomic E-state index is 0.0192. The first-order chi connectivity index (χ1) is 9.81. The number of hydrogen-bond acceptors (Lipinski definition) is 1. The zero-order chi connectivity index (χ0) is 16.0. The van der Waals surface area contributed by atoms with Crippen molar-refractivity contribution in [2.75, 3.05) is 13.1 Å². The number of rotatable bonds is 5. The van der Waals surface area contributed by atoms with Crippen LogP contribution in [0, 0.1) is 5.41 Å². The molecule has 0 aliphatic heterocycles. The van der Waals surface area contributed by atoms with Crippen molar-refractivity contribution in [2.45, 2.75) is 66.8 Å². The van der Waals surface area contributed by atoms with Crippen LogP contribution in [0.2, 0.25) is 0 Å². The SMILES string of the molecule is CCN(CC)C(=O)NC(C)/C=C/C1=C(C)CCCC1(C)C. The van der Waals surface area contributed by atoms with Gasteiger partial charge in [0.15, 0.2) is 0 Å². The lowest BCUT2D eigenvalue weighted by molar-refractivity contribution is 0.201. The lowest BCUT2D eigenvalue weighted by Crippen LogP contribution is -2.43. The molecule has 0 bridgehead atoms. The number of amides is 2. The molecule has 0 aromatic heterocycles. The quantitative estimate of drug-likeness (QED) is 0.794. The second-order valence-corrected chi connectivity index (χ2v) is 6.70. The summed E-state index contributed by atoms with van der Waals surface area (Å²) >= 11 is 0. The molecule has 3 heteroatoms. The fourth-order valence-electron chi connectivity index (χ4n) is 3.10. The monoisotopic (exact) mass is 292 g/mol. The topological polar surface area (TPSA) is 32.3 Å². The number of urea groups is 1. The molecule has 120 valence electrons. The van der Waals surface area contributed by atoms with Crippen LogP contribution < -0.4 is 5.32 Å². The van der Waals surface area contributed by atoms with Crippen LogP contribution in [-0.4, -0.2) is 30.1 Å². The average Bonchev–Trinajstić information content (AvgIpc) is 2.38. The van der Waals surface area contributed by atoms with Gasteiger partial charge in [-0.1, -0.05) is 31.6 Å². The third kappa shape index (κ3) is 4.90. The lowest BCUT2D eigenvalue weighted by Gasteiger charge is -2.33. The molecular formula is C18H32N2O. The van der Waals surface area contributed by atoms with E-state index in [0.29, 0.717) is 0 Å². The van der Waals surface area contributed by atoms with Gasteiger partial charge in [-0.15, -0.1) is 0 Å². The maximum Gasteiger partial charge on any atom is 0.317 e. The maximum absolute atomic E-state index is 12.0. The molecule has 1 unspecified atom stereocenters. The van der Waals surface area contributed by atoms with E-state index in [2.05, 4.69) is 38.2 Å². The number of carbonyl (C=O) groups excluding carboxylic acids is 1. The van der Waals surface area contributed by atoms with Crippen LogP contribution >= 0.6 is 0 Å². The summed E-state index contributed by atoms with van der Waals surface area (Å²) in [6, 6.07) is 0.0712. The summed E-state index contributed by atoms with van der Waals surface area (Å²) in [6.07, 6.45) is 8.06. The molecule has 1 aliphatic carbocycles. The summed E-state index contributed by atoms with van der Waals surface area (Å²) < 4.78 is 0. The Morgan fingerprint density at radius 2 is 2.00 bits per heavy atom. The molecule has 2 amide bonds. The first kappa shape index (κ1) is 17.8. The molecule has 1 aliphatic rings. The average molecular weight is 292 g/mol. The van der Waals surface area contributed by atoms with Gasteiger partial charge < -0.3 is 10.2 Å². The summed E-state index contributed by atoms with van der Waals surface area (Å²) in [5.74, 6) is 0. The van der Waals surface area contributed by atoms with Crippen LogP contribution in [-0.2, 0) is 0 Å². The van der Waals surface area contributed by atoms with Gasteiger partial charge in [0.05, 0.1) is 0 Å². The fourth-order valence-corrected chi connectivity index (χ4v) is 3.10. The first-order valence-corrected chi connectivity index (χ1v) is 8.25. The van der Waals surface area contributed by atoms with E-state index in [1.54, 1.807) is 4.90 Å². The highest BCUT2D eigenvalue weighted by Gasteiger charge is 2.26. The van der Waals surface area contributed by atoms with E-state index < -0.39 is 0 Å². The highest BCUT2D eigenvalue weighted by atomic mass is 16.2. The van der Waals surface area contributed by atoms with Gasteiger partial charge in [0.25, 0.3) is 0 Å². The minimum Gasteiger partial charge on any atom is -0.332 e. The summed E-state index contributed by atoms with van der Waals surface area (Å²) in [5.41, 5.74) is 3.18. The van der Waals surface area contributed by atoms with Gasteiger partial charge in [0.2, 0.25) is 0 Å². The second-order valence-electron chi connectivity index (χ2n) is 6.70. The van der Waals surface area contributed by atoms with Gasteiger partial charge >= 0.3 is 6.03 Å². The highest BCUT2D eigenvalue weighted by molar-refractivity contribution is 5.74. The van der Waals surface area contributed by atoms with E-state index in [1.807, 2.05) is 20.8 Å². The molecule has 0 heterocycles. The Bertz CT molecular complexity index is 417. The van der Waals surface area contributed by atoms with Crippen molar-refractivity contribution in [1.82, 2.24) is 10.2 Å². The largest absolute Gasteiger partial charge is 0.332 e. The summed E-state index contributed by atoms with van der Waals surface area (Å²) in [7, 11) is 0. The van der Waals surface area contributed by atoms with Crippen molar-refractivity contribution >= 4 is 6.03 Å². The van der Waals surface area contributed by atoms with Gasteiger partial charge in [-0.2, -0.15) is 0 Å². The lowest BCUT2D eigenvalue weighted by atomic mass is 9.72. The Hall–Kier alpha value is -1.25. The van der Waals surface area contributed by atoms with Crippen LogP contribution in [0.25, 0.3) is 0 Å². The molecule has 0 aromatic rings. The van der Waals surface area contributed by atoms with Crippen molar-refractivity contribution in [3.05, 3.63) is 23.3 Å². The molecule has 3 nitrogen and oxygen atoms in total. The molecule has 0 aromatic carbocycles. The van der Waals surface area contributed by atoms with E-state index >= 15 is 0 Å². The molecular weight excluding hydrogens is 260 g/mol. The Morgan fingerprint density at radius 1 is 1.38 bits per heavy atom. The van der Waals surface area contributed by atoms with Crippen LogP contribution in [0.4, 0.5) is 4.79 Å². The standard InChI is InChI=1S/C18H32N2O/c1-7-20(8-2)17(21)19-15(4)11-12-16-14(3)10-9-13-18(16,5)6/h11-12,15H,7-10,13H2,1-6H3,(H,19,21)/b12-11+. The third-order valence-electron chi connectivity index (χ3n) is 4.50. The smallest absolute Gasteiger partial charge is 0.317 e. The Balaban J connectivity index is 2.69. The number of nitrogens with zero attached hydrogens (tertiary/aromatic N) is 1. The van der Waals surface area contributed by atoms with Gasteiger partial charge in [-0.3, -0.25) is 0 Å². The minimum atomic E-state index is 0.0192. The van der Waals surface area contributed by atoms with Crippen molar-refractivity contribution < 1.29 is 4.79 Å². The Morgan fingerprint density at radius 3 is 2.52 bits per heavy atom. The van der Waals surface area contributed by atoms with Crippen LogP contribution in [0.3, 0.4) is 0 Å². The van der Waals surface area contributed by atoms with Gasteiger partial charge in [-0.05, 0) is 57.9 Å². The molecule has 21 heavy (non-hydrogen) atoms. The molecule has 1 N–H and O–H groups in total. The summed E-state index contributed by atoms with van der Waals surface area (Å²) in [5, 5.41) is 3.04. The van der Waals surface area contributed by atoms with Crippen molar-refractivity contribution in [2.24, 2.45) is 5.41 Å². The predicted molar refractivity (Wildman–Crippen MR) is 90.4 cm³/mol. The van der Waals surface area contributed by atoms with E-state index in [4.69, 9.17) is 0 Å². The molecule has 0 saturated heterocycles. The maximum atomic E-state index is 12.0. The normalized spacial score (nSPS) is 19.7. The van der Waals surface area contributed by atoms with Crippen LogP contribution in [0.15, 0.2) is 23.3 Å². The van der Waals surface area contributed by atoms with E-state index in [0.717, 1.165) is 13.1 Å². The second kappa shape index (κ2) is 7.67. The van der Waals surface area contributed by atoms with E-state index in [1.165, 1.54) is 30.4 Å². The van der Waals surface area contributed by atoms with E-state index in [-0.39, 0.29) is 17.5 Å². The van der Waals surface area contributed by atoms with Gasteiger partial charge in [0.1, 0.15) is 0 Å². The Kier molecular flexibility index (Phi) is 6.50. The number of carbonyl (C=O) groups is 1. The molecule has 0 saturated carbocycles. The van der Waals surface area contributed by atoms with Crippen molar-refractivity contribution in [3.8, 4) is 0 Å². The van der Waals surface area contributed by atoms with Crippen molar-refractivity contribution in [1.29, 1.82) is 0 Å². The summed E-state index contributed by atoms with van der Waals surface area (Å²) in [6.45, 7) is 14.4. The zero-order valence-corrected chi connectivity index (χ0v) is 14.6. The highest BCUT2D eigenvalue weighted by Crippen LogP contribution is 2.40. The zero-order valence-electron chi connectivity index (χ0n) is 14.6. The fraction of sp³-hybridized carbons (Fsp3) is 0.722. The van der Waals surface area contributed by atoms with Gasteiger partial charge in [-0.25, -0.2) is 4.79 Å². The van der Waals surface area contributed by atoms with Crippen molar-refractivity contribution in [3.63, 3.8) is 0 Å². The van der Waals surface area contributed by atoms with Gasteiger partial charge in [0, 0.05) is 19.1 Å². The molecule has 1 rings (SSSR count). The van der Waals surface area contributed by atoms with Crippen LogP contribution in [0.1, 0.15) is 60.8 Å². The first-order valence-electron chi connectivity index (χ1n) is 8.25. The molecule has 0 fully saturated rings. The molecule has 0 radical (unpaired) electrons. The number of allylic oxidation sites excluding steroid dienone is 3. The molecule has 0 spiro atoms.